The van der Waals surface area contributed by atoms with Crippen LogP contribution in [0.1, 0.15) is 48.7 Å². The molecule has 1 aromatic carbocycles. The molecule has 1 aromatic heterocycles. The zero-order valence-corrected chi connectivity index (χ0v) is 18.8. The van der Waals surface area contributed by atoms with Crippen molar-refractivity contribution in [3.8, 4) is 0 Å². The number of thiazole rings is 1. The van der Waals surface area contributed by atoms with E-state index in [1.54, 1.807) is 16.4 Å². The van der Waals surface area contributed by atoms with E-state index < -0.39 is 10.0 Å². The Bertz CT molecular complexity index is 1010. The molecule has 0 saturated carbocycles. The highest BCUT2D eigenvalue weighted by atomic mass is 32.2. The number of rotatable bonds is 5. The van der Waals surface area contributed by atoms with Crippen LogP contribution in [0.25, 0.3) is 0 Å². The minimum Gasteiger partial charge on any atom is -0.289 e. The maximum absolute atomic E-state index is 13.0. The van der Waals surface area contributed by atoms with Crippen molar-refractivity contribution in [1.82, 2.24) is 13.8 Å². The smallest absolute Gasteiger partial charge is 0.289 e. The summed E-state index contributed by atoms with van der Waals surface area (Å²) in [7, 11) is -3.47. The molecule has 1 aliphatic carbocycles. The Morgan fingerprint density at radius 2 is 1.66 bits per heavy atom. The van der Waals surface area contributed by atoms with Gasteiger partial charge in [-0.1, -0.05) is 37.3 Å². The largest absolute Gasteiger partial charge is 0.308 e. The first-order valence-corrected chi connectivity index (χ1v) is 12.7. The Kier molecular flexibility index (Phi) is 5.97. The van der Waals surface area contributed by atoms with Crippen LogP contribution in [-0.4, -0.2) is 48.4 Å². The number of hydrogen-bond donors (Lipinski definition) is 0. The normalized spacial score (nSPS) is 18.9. The van der Waals surface area contributed by atoms with Crippen LogP contribution >= 0.6 is 11.3 Å². The second-order valence-electron chi connectivity index (χ2n) is 8.26. The summed E-state index contributed by atoms with van der Waals surface area (Å²) >= 11 is 1.38. The van der Waals surface area contributed by atoms with E-state index in [0.29, 0.717) is 43.7 Å². The maximum atomic E-state index is 13.0. The lowest BCUT2D eigenvalue weighted by Gasteiger charge is -2.34. The summed E-state index contributed by atoms with van der Waals surface area (Å²) in [5.41, 5.74) is 2.34. The molecular weight excluding hydrogens is 406 g/mol. The van der Waals surface area contributed by atoms with Crippen LogP contribution in [0.5, 0.6) is 0 Å². The molecule has 2 aromatic rings. The van der Waals surface area contributed by atoms with Gasteiger partial charge in [0.2, 0.25) is 10.0 Å². The molecule has 29 heavy (non-hydrogen) atoms. The van der Waals surface area contributed by atoms with Gasteiger partial charge in [0.15, 0.2) is 0 Å². The predicted molar refractivity (Wildman–Crippen MR) is 116 cm³/mol. The zero-order valence-electron chi connectivity index (χ0n) is 17.1. The topological polar surface area (TPSA) is 62.6 Å². The van der Waals surface area contributed by atoms with Gasteiger partial charge in [0, 0.05) is 36.8 Å². The van der Waals surface area contributed by atoms with Crippen LogP contribution in [0.15, 0.2) is 34.0 Å². The zero-order chi connectivity index (χ0) is 20.6. The first-order valence-electron chi connectivity index (χ1n) is 10.4. The lowest BCUT2D eigenvalue weighted by Crippen LogP contribution is -2.49. The standard InChI is InChI=1S/C21H29N3O3S2/c1-16(2)17-7-9-18(10-8-17)29(26,27)23-13-11-22(12-14-23)15-24-19-5-3-4-6-20(19)28-21(24)25/h7-10,16H,3-6,11-15H2,1-2H3. The molecule has 0 amide bonds. The molecule has 1 saturated heterocycles. The first-order chi connectivity index (χ1) is 13.9. The van der Waals surface area contributed by atoms with Crippen molar-refractivity contribution < 1.29 is 8.42 Å². The molecule has 0 bridgehead atoms. The molecule has 0 radical (unpaired) electrons. The number of piperazine rings is 1. The van der Waals surface area contributed by atoms with Gasteiger partial charge >= 0.3 is 4.87 Å². The highest BCUT2D eigenvalue weighted by molar-refractivity contribution is 7.89. The second kappa shape index (κ2) is 8.34. The average Bonchev–Trinajstić information content (AvgIpc) is 3.04. The molecule has 2 aliphatic rings. The third-order valence-electron chi connectivity index (χ3n) is 6.00. The lowest BCUT2D eigenvalue weighted by atomic mass is 10.0. The van der Waals surface area contributed by atoms with Gasteiger partial charge in [0.1, 0.15) is 0 Å². The van der Waals surface area contributed by atoms with Gasteiger partial charge in [-0.2, -0.15) is 4.31 Å². The van der Waals surface area contributed by atoms with Gasteiger partial charge in [-0.3, -0.25) is 14.3 Å². The molecule has 1 fully saturated rings. The fraction of sp³-hybridized carbons (Fsp3) is 0.571. The minimum absolute atomic E-state index is 0.122. The number of benzene rings is 1. The van der Waals surface area contributed by atoms with E-state index in [2.05, 4.69) is 18.7 Å². The van der Waals surface area contributed by atoms with E-state index in [4.69, 9.17) is 0 Å². The number of aromatic nitrogens is 1. The summed E-state index contributed by atoms with van der Waals surface area (Å²) in [5.74, 6) is 0.376. The van der Waals surface area contributed by atoms with Gasteiger partial charge in [-0.25, -0.2) is 8.42 Å². The number of sulfonamides is 1. The van der Waals surface area contributed by atoms with Crippen LogP contribution in [0.2, 0.25) is 0 Å². The average molecular weight is 436 g/mol. The van der Waals surface area contributed by atoms with Crippen molar-refractivity contribution in [1.29, 1.82) is 0 Å². The van der Waals surface area contributed by atoms with E-state index in [0.717, 1.165) is 24.8 Å². The molecule has 1 aliphatic heterocycles. The van der Waals surface area contributed by atoms with Crippen molar-refractivity contribution in [2.45, 2.75) is 57.0 Å². The van der Waals surface area contributed by atoms with E-state index in [-0.39, 0.29) is 4.87 Å². The Balaban J connectivity index is 1.42. The van der Waals surface area contributed by atoms with Gasteiger partial charge in [-0.05, 0) is 49.3 Å². The highest BCUT2D eigenvalue weighted by Crippen LogP contribution is 2.25. The molecule has 2 heterocycles. The van der Waals surface area contributed by atoms with Crippen molar-refractivity contribution in [2.75, 3.05) is 26.2 Å². The SMILES string of the molecule is CC(C)c1ccc(S(=O)(=O)N2CCN(Cn3c4c(sc3=O)CCCC4)CC2)cc1. The molecular formula is C21H29N3O3S2. The minimum atomic E-state index is -3.47. The van der Waals surface area contributed by atoms with Gasteiger partial charge < -0.3 is 0 Å². The van der Waals surface area contributed by atoms with E-state index in [9.17, 15) is 13.2 Å². The second-order valence-corrected chi connectivity index (χ2v) is 11.2. The van der Waals surface area contributed by atoms with Gasteiger partial charge in [-0.15, -0.1) is 0 Å². The maximum Gasteiger partial charge on any atom is 0.308 e. The van der Waals surface area contributed by atoms with Crippen LogP contribution in [0, 0.1) is 0 Å². The molecule has 8 heteroatoms. The fourth-order valence-corrected chi connectivity index (χ4v) is 6.64. The Labute approximate surface area is 176 Å². The molecule has 0 atom stereocenters. The summed E-state index contributed by atoms with van der Waals surface area (Å²) in [6.07, 6.45) is 4.31. The Hall–Kier alpha value is -1.48. The lowest BCUT2D eigenvalue weighted by molar-refractivity contribution is 0.149. The quantitative estimate of drug-likeness (QED) is 0.725. The summed E-state index contributed by atoms with van der Waals surface area (Å²) < 4.78 is 29.5. The van der Waals surface area contributed by atoms with Crippen LogP contribution < -0.4 is 4.87 Å². The summed E-state index contributed by atoms with van der Waals surface area (Å²) in [5, 5.41) is 0. The fourth-order valence-electron chi connectivity index (χ4n) is 4.16. The number of nitrogens with zero attached hydrogens (tertiary/aromatic N) is 3. The van der Waals surface area contributed by atoms with Crippen LogP contribution in [0.3, 0.4) is 0 Å². The number of fused-ring (bicyclic) bond motifs is 1. The number of aryl methyl sites for hydroxylation is 1. The van der Waals surface area contributed by atoms with Crippen LogP contribution in [-0.2, 0) is 29.5 Å². The molecule has 0 unspecified atom stereocenters. The van der Waals surface area contributed by atoms with E-state index >= 15 is 0 Å². The van der Waals surface area contributed by atoms with Crippen LogP contribution in [0.4, 0.5) is 0 Å². The molecule has 0 N–H and O–H groups in total. The Morgan fingerprint density at radius 1 is 1.00 bits per heavy atom. The Morgan fingerprint density at radius 3 is 2.31 bits per heavy atom. The van der Waals surface area contributed by atoms with Crippen molar-refractivity contribution in [3.63, 3.8) is 0 Å². The van der Waals surface area contributed by atoms with Crippen molar-refractivity contribution >= 4 is 21.4 Å². The molecule has 0 spiro atoms. The third-order valence-corrected chi connectivity index (χ3v) is 9.00. The summed E-state index contributed by atoms with van der Waals surface area (Å²) in [6.45, 7) is 6.95. The highest BCUT2D eigenvalue weighted by Gasteiger charge is 2.29. The molecule has 158 valence electrons. The summed E-state index contributed by atoms with van der Waals surface area (Å²) in [6, 6.07) is 7.24. The first kappa shape index (κ1) is 20.8. The van der Waals surface area contributed by atoms with Crippen molar-refractivity contribution in [3.05, 3.63) is 50.1 Å². The molecule has 4 rings (SSSR count). The monoisotopic (exact) mass is 435 g/mol. The number of hydrogen-bond acceptors (Lipinski definition) is 5. The van der Waals surface area contributed by atoms with Crippen molar-refractivity contribution in [2.24, 2.45) is 0 Å². The van der Waals surface area contributed by atoms with E-state index in [1.807, 2.05) is 16.7 Å². The third kappa shape index (κ3) is 4.21. The predicted octanol–water partition coefficient (Wildman–Crippen LogP) is 2.88. The van der Waals surface area contributed by atoms with Gasteiger partial charge in [0.25, 0.3) is 0 Å². The summed E-state index contributed by atoms with van der Waals surface area (Å²) in [4.78, 5) is 16.3. The molecule has 6 nitrogen and oxygen atoms in total. The van der Waals surface area contributed by atoms with E-state index in [1.165, 1.54) is 28.3 Å². The van der Waals surface area contributed by atoms with Gasteiger partial charge in [0.05, 0.1) is 11.6 Å².